The van der Waals surface area contributed by atoms with Gasteiger partial charge >= 0.3 is 12.1 Å². The normalized spacial score (nSPS) is 14.3. The fourth-order valence-corrected chi connectivity index (χ4v) is 3.53. The van der Waals surface area contributed by atoms with Crippen LogP contribution in [0.15, 0.2) is 42.6 Å². The topological polar surface area (TPSA) is 142 Å². The van der Waals surface area contributed by atoms with Crippen LogP contribution in [0, 0.1) is 0 Å². The van der Waals surface area contributed by atoms with Gasteiger partial charge in [-0.3, -0.25) is 14.4 Å². The highest BCUT2D eigenvalue weighted by Crippen LogP contribution is 2.16. The summed E-state index contributed by atoms with van der Waals surface area (Å²) in [6.45, 7) is 3.04. The third kappa shape index (κ3) is 6.50. The summed E-state index contributed by atoms with van der Waals surface area (Å²) in [6, 6.07) is 9.85. The predicted octanol–water partition coefficient (Wildman–Crippen LogP) is 1.41. The first-order valence-corrected chi connectivity index (χ1v) is 11.0. The number of rotatable bonds is 8. The molecule has 3 rings (SSSR count). The lowest BCUT2D eigenvalue weighted by atomic mass is 10.1. The molecule has 1 aliphatic heterocycles. The molecule has 3 amide bonds. The minimum atomic E-state index is -1.08. The van der Waals surface area contributed by atoms with Crippen LogP contribution in [0.1, 0.15) is 30.4 Å². The minimum Gasteiger partial charge on any atom is -0.481 e. The Hall–Kier alpha value is -4.02. The smallest absolute Gasteiger partial charge is 0.409 e. The summed E-state index contributed by atoms with van der Waals surface area (Å²) >= 11 is 0. The van der Waals surface area contributed by atoms with Gasteiger partial charge in [-0.25, -0.2) is 14.8 Å². The molecule has 1 aromatic heterocycles. The summed E-state index contributed by atoms with van der Waals surface area (Å²) in [4.78, 5) is 60.3. The maximum Gasteiger partial charge on any atom is 0.409 e. The quantitative estimate of drug-likeness (QED) is 0.591. The molecule has 11 heteroatoms. The van der Waals surface area contributed by atoms with Crippen molar-refractivity contribution in [1.82, 2.24) is 25.1 Å². The average molecular weight is 469 g/mol. The number of piperazine rings is 1. The van der Waals surface area contributed by atoms with E-state index in [-0.39, 0.29) is 51.5 Å². The maximum atomic E-state index is 13.1. The monoisotopic (exact) mass is 469 g/mol. The van der Waals surface area contributed by atoms with Crippen molar-refractivity contribution in [2.75, 3.05) is 32.8 Å². The molecule has 180 valence electrons. The van der Waals surface area contributed by atoms with E-state index < -0.39 is 29.9 Å². The lowest BCUT2D eigenvalue weighted by Crippen LogP contribution is -2.56. The Balaban J connectivity index is 1.69. The number of benzene rings is 1. The fourth-order valence-electron chi connectivity index (χ4n) is 3.53. The van der Waals surface area contributed by atoms with E-state index in [9.17, 15) is 19.2 Å². The van der Waals surface area contributed by atoms with E-state index in [1.807, 2.05) is 30.3 Å². The molecule has 1 aromatic carbocycles. The van der Waals surface area contributed by atoms with Crippen LogP contribution in [0.25, 0.3) is 11.3 Å². The van der Waals surface area contributed by atoms with Gasteiger partial charge in [0.2, 0.25) is 11.7 Å². The summed E-state index contributed by atoms with van der Waals surface area (Å²) in [5.74, 6) is -2.30. The van der Waals surface area contributed by atoms with Gasteiger partial charge in [0, 0.05) is 44.4 Å². The molecule has 1 aliphatic rings. The van der Waals surface area contributed by atoms with E-state index in [4.69, 9.17) is 9.84 Å². The molecule has 0 bridgehead atoms. The van der Waals surface area contributed by atoms with E-state index in [1.165, 1.54) is 16.0 Å². The zero-order chi connectivity index (χ0) is 24.5. The van der Waals surface area contributed by atoms with Gasteiger partial charge in [-0.1, -0.05) is 30.3 Å². The van der Waals surface area contributed by atoms with Crippen LogP contribution in [0.3, 0.4) is 0 Å². The van der Waals surface area contributed by atoms with Gasteiger partial charge in [0.1, 0.15) is 6.04 Å². The second-order valence-corrected chi connectivity index (χ2v) is 7.60. The number of ether oxygens (including phenoxy) is 1. The largest absolute Gasteiger partial charge is 0.481 e. The number of carbonyl (C=O) groups excluding carboxylic acids is 3. The van der Waals surface area contributed by atoms with E-state index in [0.29, 0.717) is 5.69 Å². The Morgan fingerprint density at radius 2 is 1.74 bits per heavy atom. The van der Waals surface area contributed by atoms with Crippen molar-refractivity contribution in [2.45, 2.75) is 25.8 Å². The molecule has 0 radical (unpaired) electrons. The first-order valence-electron chi connectivity index (χ1n) is 11.0. The summed E-state index contributed by atoms with van der Waals surface area (Å²) in [5.41, 5.74) is 1.35. The second-order valence-electron chi connectivity index (χ2n) is 7.60. The highest BCUT2D eigenvalue weighted by molar-refractivity contribution is 5.95. The second kappa shape index (κ2) is 11.7. The SMILES string of the molecule is CCOC(=O)N1CCN(C(=O)[C@H](CCC(=O)O)NC(=O)c2nccc(-c3ccccc3)n2)CC1. The lowest BCUT2D eigenvalue weighted by Gasteiger charge is -2.35. The van der Waals surface area contributed by atoms with Crippen molar-refractivity contribution in [3.63, 3.8) is 0 Å². The van der Waals surface area contributed by atoms with Crippen molar-refractivity contribution in [3.8, 4) is 11.3 Å². The third-order valence-corrected chi connectivity index (χ3v) is 5.30. The van der Waals surface area contributed by atoms with Crippen LogP contribution in [0.2, 0.25) is 0 Å². The Morgan fingerprint density at radius 3 is 2.38 bits per heavy atom. The van der Waals surface area contributed by atoms with Gasteiger partial charge in [-0.15, -0.1) is 0 Å². The highest BCUT2D eigenvalue weighted by Gasteiger charge is 2.31. The van der Waals surface area contributed by atoms with E-state index in [0.717, 1.165) is 5.56 Å². The van der Waals surface area contributed by atoms with Crippen LogP contribution in [0.5, 0.6) is 0 Å². The van der Waals surface area contributed by atoms with Gasteiger partial charge in [-0.2, -0.15) is 0 Å². The Morgan fingerprint density at radius 1 is 1.06 bits per heavy atom. The first kappa shape index (κ1) is 24.6. The summed E-state index contributed by atoms with van der Waals surface area (Å²) in [6.07, 6.45) is 0.619. The molecule has 2 aromatic rings. The van der Waals surface area contributed by atoms with Crippen molar-refractivity contribution in [2.24, 2.45) is 0 Å². The molecular formula is C23H27N5O6. The molecule has 0 aliphatic carbocycles. The molecular weight excluding hydrogens is 442 g/mol. The van der Waals surface area contributed by atoms with E-state index in [1.54, 1.807) is 13.0 Å². The third-order valence-electron chi connectivity index (χ3n) is 5.30. The number of hydrogen-bond donors (Lipinski definition) is 2. The van der Waals surface area contributed by atoms with E-state index in [2.05, 4.69) is 15.3 Å². The molecule has 0 unspecified atom stereocenters. The van der Waals surface area contributed by atoms with E-state index >= 15 is 0 Å². The maximum absolute atomic E-state index is 13.1. The summed E-state index contributed by atoms with van der Waals surface area (Å²) in [7, 11) is 0. The van der Waals surface area contributed by atoms with Crippen LogP contribution < -0.4 is 5.32 Å². The van der Waals surface area contributed by atoms with Crippen LogP contribution in [-0.2, 0) is 14.3 Å². The lowest BCUT2D eigenvalue weighted by molar-refractivity contribution is -0.138. The number of hydrogen-bond acceptors (Lipinski definition) is 7. The molecule has 1 atom stereocenters. The predicted molar refractivity (Wildman–Crippen MR) is 121 cm³/mol. The van der Waals surface area contributed by atoms with Crippen LogP contribution >= 0.6 is 0 Å². The Bertz CT molecular complexity index is 1020. The average Bonchev–Trinajstić information content (AvgIpc) is 2.86. The molecule has 0 saturated carbocycles. The number of carboxylic acid groups (broad SMARTS) is 1. The highest BCUT2D eigenvalue weighted by atomic mass is 16.6. The first-order chi connectivity index (χ1) is 16.4. The standard InChI is InChI=1S/C23H27N5O6/c1-2-34-23(33)28-14-12-27(13-15-28)22(32)18(8-9-19(29)30)26-21(31)20-24-11-10-17(25-20)16-6-4-3-5-7-16/h3-7,10-11,18H,2,8-9,12-15H2,1H3,(H,26,31)(H,29,30)/t18-/m0/s1. The molecule has 2 heterocycles. The van der Waals surface area contributed by atoms with Crippen molar-refractivity contribution < 1.29 is 29.0 Å². The van der Waals surface area contributed by atoms with Gasteiger partial charge in [-0.05, 0) is 19.4 Å². The molecule has 2 N–H and O–H groups in total. The Kier molecular flexibility index (Phi) is 8.49. The van der Waals surface area contributed by atoms with Crippen LogP contribution in [-0.4, -0.2) is 87.6 Å². The fraction of sp³-hybridized carbons (Fsp3) is 0.391. The number of carboxylic acids is 1. The number of aromatic nitrogens is 2. The number of carbonyl (C=O) groups is 4. The van der Waals surface area contributed by atoms with Crippen LogP contribution in [0.4, 0.5) is 4.79 Å². The minimum absolute atomic E-state index is 0.0869. The van der Waals surface area contributed by atoms with Crippen molar-refractivity contribution in [3.05, 3.63) is 48.4 Å². The number of amides is 3. The zero-order valence-corrected chi connectivity index (χ0v) is 18.8. The molecule has 1 saturated heterocycles. The number of nitrogens with one attached hydrogen (secondary N) is 1. The van der Waals surface area contributed by atoms with Gasteiger partial charge in [0.25, 0.3) is 5.91 Å². The molecule has 11 nitrogen and oxygen atoms in total. The summed E-state index contributed by atoms with van der Waals surface area (Å²) in [5, 5.41) is 11.7. The number of aliphatic carboxylic acids is 1. The van der Waals surface area contributed by atoms with Gasteiger partial charge in [0.05, 0.1) is 12.3 Å². The van der Waals surface area contributed by atoms with Gasteiger partial charge in [0.15, 0.2) is 0 Å². The molecule has 1 fully saturated rings. The van der Waals surface area contributed by atoms with Crippen molar-refractivity contribution >= 4 is 23.9 Å². The number of nitrogens with zero attached hydrogens (tertiary/aromatic N) is 4. The molecule has 34 heavy (non-hydrogen) atoms. The zero-order valence-electron chi connectivity index (χ0n) is 18.8. The molecule has 0 spiro atoms. The Labute approximate surface area is 196 Å². The van der Waals surface area contributed by atoms with Gasteiger partial charge < -0.3 is 25.0 Å². The van der Waals surface area contributed by atoms with Crippen molar-refractivity contribution in [1.29, 1.82) is 0 Å². The summed E-state index contributed by atoms with van der Waals surface area (Å²) < 4.78 is 4.98.